The summed E-state index contributed by atoms with van der Waals surface area (Å²) in [7, 11) is 0. The lowest BCUT2D eigenvalue weighted by atomic mass is 9.34. The SMILES string of the molecule is N#Cc1ccccc1-c1cccc2c1Oc1cc(-c3ccc(-n4c5ccccc5c5ccccc54)cc3)cc3c1B2c1cccc(-c2ccccc2C#N)c1O3. The minimum absolute atomic E-state index is 0.220. The maximum atomic E-state index is 10.1. The molecule has 1 aromatic heterocycles. The van der Waals surface area contributed by atoms with E-state index in [4.69, 9.17) is 9.47 Å². The average molecular weight is 714 g/mol. The molecular formula is C50H28BN3O2. The van der Waals surface area contributed by atoms with Crippen LogP contribution < -0.4 is 25.9 Å². The van der Waals surface area contributed by atoms with Gasteiger partial charge in [0.05, 0.1) is 34.3 Å². The van der Waals surface area contributed by atoms with Gasteiger partial charge in [0.15, 0.2) is 0 Å². The number of rotatable bonds is 4. The van der Waals surface area contributed by atoms with Crippen molar-refractivity contribution in [3.05, 3.63) is 181 Å². The molecule has 6 heteroatoms. The predicted molar refractivity (Wildman–Crippen MR) is 224 cm³/mol. The molecule has 56 heavy (non-hydrogen) atoms. The lowest BCUT2D eigenvalue weighted by Crippen LogP contribution is -2.57. The van der Waals surface area contributed by atoms with Crippen molar-refractivity contribution in [1.82, 2.24) is 4.57 Å². The Balaban J connectivity index is 1.11. The third-order valence-electron chi connectivity index (χ3n) is 11.2. The van der Waals surface area contributed by atoms with E-state index in [2.05, 4.69) is 114 Å². The van der Waals surface area contributed by atoms with E-state index in [1.807, 2.05) is 72.8 Å². The monoisotopic (exact) mass is 713 g/mol. The summed E-state index contributed by atoms with van der Waals surface area (Å²) in [5, 5.41) is 22.7. The van der Waals surface area contributed by atoms with Gasteiger partial charge in [-0.05, 0) is 70.6 Å². The van der Waals surface area contributed by atoms with Crippen LogP contribution in [0.2, 0.25) is 0 Å². The van der Waals surface area contributed by atoms with Crippen LogP contribution in [0.5, 0.6) is 23.0 Å². The van der Waals surface area contributed by atoms with Gasteiger partial charge < -0.3 is 14.0 Å². The zero-order chi connectivity index (χ0) is 37.3. The molecule has 0 radical (unpaired) electrons. The van der Waals surface area contributed by atoms with Crippen molar-refractivity contribution in [1.29, 1.82) is 10.5 Å². The van der Waals surface area contributed by atoms with Gasteiger partial charge in [0.25, 0.3) is 6.71 Å². The number of benzene rings is 8. The van der Waals surface area contributed by atoms with Gasteiger partial charge in [0.1, 0.15) is 23.0 Å². The van der Waals surface area contributed by atoms with Crippen molar-refractivity contribution < 1.29 is 9.47 Å². The Morgan fingerprint density at radius 3 is 1.43 bits per heavy atom. The number of fused-ring (bicyclic) bond motifs is 7. The molecule has 258 valence electrons. The Hall–Kier alpha value is -7.80. The molecule has 0 N–H and O–H groups in total. The fourth-order valence-corrected chi connectivity index (χ4v) is 8.77. The Morgan fingerprint density at radius 1 is 0.446 bits per heavy atom. The van der Waals surface area contributed by atoms with Gasteiger partial charge in [-0.25, -0.2) is 0 Å². The van der Waals surface area contributed by atoms with Gasteiger partial charge in [0, 0.05) is 44.2 Å². The number of nitriles is 2. The summed E-state index contributed by atoms with van der Waals surface area (Å²) in [5.41, 5.74) is 12.8. The van der Waals surface area contributed by atoms with Gasteiger partial charge in [-0.1, -0.05) is 121 Å². The van der Waals surface area contributed by atoms with E-state index in [9.17, 15) is 10.5 Å². The molecule has 2 aliphatic heterocycles. The van der Waals surface area contributed by atoms with Crippen LogP contribution in [0.15, 0.2) is 170 Å². The first-order valence-electron chi connectivity index (χ1n) is 18.6. The molecule has 9 aromatic rings. The summed E-state index contributed by atoms with van der Waals surface area (Å²) >= 11 is 0. The van der Waals surface area contributed by atoms with Crippen LogP contribution in [0.25, 0.3) is 60.9 Å². The molecule has 0 saturated carbocycles. The summed E-state index contributed by atoms with van der Waals surface area (Å²) in [6.07, 6.45) is 0. The predicted octanol–water partition coefficient (Wildman–Crippen LogP) is 10.3. The fourth-order valence-electron chi connectivity index (χ4n) is 8.77. The Kier molecular flexibility index (Phi) is 7.01. The summed E-state index contributed by atoms with van der Waals surface area (Å²) < 4.78 is 16.3. The molecule has 0 aliphatic carbocycles. The highest BCUT2D eigenvalue weighted by atomic mass is 16.5. The second-order valence-corrected chi connectivity index (χ2v) is 14.2. The molecule has 0 saturated heterocycles. The Morgan fingerprint density at radius 2 is 0.911 bits per heavy atom. The molecule has 0 atom stereocenters. The quantitative estimate of drug-likeness (QED) is 0.170. The summed E-state index contributed by atoms with van der Waals surface area (Å²) in [5.74, 6) is 2.84. The fraction of sp³-hybridized carbons (Fsp3) is 0. The molecule has 0 fully saturated rings. The number of nitrogens with zero attached hydrogens (tertiary/aromatic N) is 3. The van der Waals surface area contributed by atoms with Crippen LogP contribution in [0.4, 0.5) is 0 Å². The molecular weight excluding hydrogens is 685 g/mol. The second-order valence-electron chi connectivity index (χ2n) is 14.2. The largest absolute Gasteiger partial charge is 0.458 e. The maximum absolute atomic E-state index is 10.1. The van der Waals surface area contributed by atoms with E-state index in [1.54, 1.807) is 0 Å². The maximum Gasteiger partial charge on any atom is 0.260 e. The summed E-state index contributed by atoms with van der Waals surface area (Å²) in [6.45, 7) is -0.220. The number of para-hydroxylation sites is 4. The molecule has 0 amide bonds. The van der Waals surface area contributed by atoms with Crippen molar-refractivity contribution in [2.75, 3.05) is 0 Å². The van der Waals surface area contributed by atoms with E-state index >= 15 is 0 Å². The number of aromatic nitrogens is 1. The van der Waals surface area contributed by atoms with Crippen LogP contribution >= 0.6 is 0 Å². The van der Waals surface area contributed by atoms with Gasteiger partial charge in [0.2, 0.25) is 0 Å². The van der Waals surface area contributed by atoms with Crippen LogP contribution in [0, 0.1) is 22.7 Å². The lowest BCUT2D eigenvalue weighted by Gasteiger charge is -2.35. The third-order valence-corrected chi connectivity index (χ3v) is 11.2. The normalized spacial score (nSPS) is 12.1. The average Bonchev–Trinajstić information content (AvgIpc) is 3.60. The van der Waals surface area contributed by atoms with Crippen molar-refractivity contribution in [2.45, 2.75) is 0 Å². The minimum atomic E-state index is -0.220. The second kappa shape index (κ2) is 12.4. The van der Waals surface area contributed by atoms with Crippen LogP contribution in [0.1, 0.15) is 11.1 Å². The standard InChI is InChI=1S/C50H28BN3O2/c52-29-32-11-1-3-13-36(32)40-17-9-19-42-49(40)55-46-27-34(31-23-25-35(26-24-31)54-44-21-7-5-15-38(44)39-16-6-8-22-45(39)54)28-47-48(46)51(42)43-20-10-18-41(50(43)56-47)37-14-4-2-12-33(37)30-53/h1-28H. The van der Waals surface area contributed by atoms with E-state index in [-0.39, 0.29) is 6.71 Å². The molecule has 11 rings (SSSR count). The molecule has 3 heterocycles. The Labute approximate surface area is 323 Å². The first-order valence-corrected chi connectivity index (χ1v) is 18.6. The van der Waals surface area contributed by atoms with Crippen molar-refractivity contribution in [3.8, 4) is 74.2 Å². The molecule has 0 bridgehead atoms. The van der Waals surface area contributed by atoms with Crippen molar-refractivity contribution in [3.63, 3.8) is 0 Å². The van der Waals surface area contributed by atoms with Crippen molar-refractivity contribution in [2.24, 2.45) is 0 Å². The molecule has 2 aliphatic rings. The minimum Gasteiger partial charge on any atom is -0.458 e. The van der Waals surface area contributed by atoms with Crippen LogP contribution in [-0.2, 0) is 0 Å². The van der Waals surface area contributed by atoms with E-state index in [1.165, 1.54) is 10.8 Å². The molecule has 0 spiro atoms. The molecule has 8 aromatic carbocycles. The zero-order valence-corrected chi connectivity index (χ0v) is 29.9. The van der Waals surface area contributed by atoms with Crippen LogP contribution in [0.3, 0.4) is 0 Å². The van der Waals surface area contributed by atoms with E-state index in [0.717, 1.165) is 66.5 Å². The molecule has 0 unspecified atom stereocenters. The highest BCUT2D eigenvalue weighted by molar-refractivity contribution is 6.98. The molecule has 5 nitrogen and oxygen atoms in total. The van der Waals surface area contributed by atoms with Gasteiger partial charge >= 0.3 is 0 Å². The first kappa shape index (κ1) is 31.7. The Bertz CT molecular complexity index is 3000. The third kappa shape index (κ3) is 4.67. The van der Waals surface area contributed by atoms with Gasteiger partial charge in [-0.15, -0.1) is 0 Å². The zero-order valence-electron chi connectivity index (χ0n) is 29.9. The first-order chi connectivity index (χ1) is 27.7. The number of hydrogen-bond donors (Lipinski definition) is 0. The van der Waals surface area contributed by atoms with Gasteiger partial charge in [-0.3, -0.25) is 0 Å². The lowest BCUT2D eigenvalue weighted by molar-refractivity contribution is 0.466. The number of hydrogen-bond acceptors (Lipinski definition) is 4. The van der Waals surface area contributed by atoms with E-state index in [0.29, 0.717) is 34.1 Å². The number of ether oxygens (including phenoxy) is 2. The smallest absolute Gasteiger partial charge is 0.260 e. The summed E-state index contributed by atoms with van der Waals surface area (Å²) in [4.78, 5) is 0. The highest BCUT2D eigenvalue weighted by Gasteiger charge is 2.42. The van der Waals surface area contributed by atoms with E-state index < -0.39 is 0 Å². The highest BCUT2D eigenvalue weighted by Crippen LogP contribution is 2.44. The van der Waals surface area contributed by atoms with Crippen LogP contribution in [-0.4, -0.2) is 11.3 Å². The summed E-state index contributed by atoms with van der Waals surface area (Å²) in [6, 6.07) is 62.3. The van der Waals surface area contributed by atoms with Gasteiger partial charge in [-0.2, -0.15) is 10.5 Å². The van der Waals surface area contributed by atoms with Crippen molar-refractivity contribution >= 4 is 44.9 Å². The topological polar surface area (TPSA) is 71.0 Å².